The van der Waals surface area contributed by atoms with Crippen molar-refractivity contribution in [1.82, 2.24) is 9.80 Å². The van der Waals surface area contributed by atoms with Gasteiger partial charge in [0.1, 0.15) is 6.67 Å². The van der Waals surface area contributed by atoms with E-state index in [1.165, 1.54) is 42.4 Å². The van der Waals surface area contributed by atoms with Crippen molar-refractivity contribution in [3.63, 3.8) is 0 Å². The predicted molar refractivity (Wildman–Crippen MR) is 218 cm³/mol. The Bertz CT molecular complexity index is 1740. The molecular weight excluding hydrogens is 712 g/mol. The first-order chi connectivity index (χ1) is 25.7. The normalized spacial score (nSPS) is 43.5. The number of carbonyl (C=O) groups is 2. The second kappa shape index (κ2) is 14.1. The molecule has 10 atom stereocenters. The summed E-state index contributed by atoms with van der Waals surface area (Å²) in [6.07, 6.45) is 16.8. The molecule has 5 fully saturated rings. The van der Waals surface area contributed by atoms with Gasteiger partial charge in [-0.05, 0) is 159 Å². The molecular formula is C46H71FN2O5S. The number of hydrogen-bond donors (Lipinski definition) is 1. The van der Waals surface area contributed by atoms with Crippen LogP contribution in [0.5, 0.6) is 0 Å². The molecule has 7 rings (SSSR count). The fourth-order valence-corrected chi connectivity index (χ4v) is 16.6. The summed E-state index contributed by atoms with van der Waals surface area (Å²) >= 11 is 0. The van der Waals surface area contributed by atoms with E-state index in [1.807, 2.05) is 0 Å². The number of fused-ring (bicyclic) bond motifs is 7. The van der Waals surface area contributed by atoms with Gasteiger partial charge in [-0.3, -0.25) is 9.59 Å². The summed E-state index contributed by atoms with van der Waals surface area (Å²) in [4.78, 5) is 30.4. The number of carboxylic acid groups (broad SMARTS) is 1. The van der Waals surface area contributed by atoms with Crippen molar-refractivity contribution in [1.29, 1.82) is 0 Å². The van der Waals surface area contributed by atoms with Crippen molar-refractivity contribution in [2.45, 2.75) is 137 Å². The first-order valence-corrected chi connectivity index (χ1v) is 23.6. The zero-order valence-electron chi connectivity index (χ0n) is 35.2. The van der Waals surface area contributed by atoms with Gasteiger partial charge < -0.3 is 14.9 Å². The van der Waals surface area contributed by atoms with Crippen LogP contribution in [0.15, 0.2) is 35.5 Å². The number of alkyl halides is 1. The summed E-state index contributed by atoms with van der Waals surface area (Å²) < 4.78 is 38.1. The molecule has 3 unspecified atom stereocenters. The molecule has 0 bridgehead atoms. The summed E-state index contributed by atoms with van der Waals surface area (Å²) in [7, 11) is -2.92. The third kappa shape index (κ3) is 6.27. The van der Waals surface area contributed by atoms with Crippen molar-refractivity contribution < 1.29 is 27.5 Å². The highest BCUT2D eigenvalue weighted by atomic mass is 32.2. The highest BCUT2D eigenvalue weighted by molar-refractivity contribution is 7.91. The van der Waals surface area contributed by atoms with Gasteiger partial charge in [-0.15, -0.1) is 0 Å². The van der Waals surface area contributed by atoms with Crippen molar-refractivity contribution in [3.8, 4) is 0 Å². The first kappa shape index (κ1) is 41.2. The van der Waals surface area contributed by atoms with Gasteiger partial charge in [0.2, 0.25) is 5.91 Å². The molecule has 1 saturated heterocycles. The predicted octanol–water partition coefficient (Wildman–Crippen LogP) is 9.05. The molecule has 1 aliphatic heterocycles. The lowest BCUT2D eigenvalue weighted by molar-refractivity contribution is -0.228. The van der Waals surface area contributed by atoms with E-state index in [-0.39, 0.29) is 51.0 Å². The van der Waals surface area contributed by atoms with Crippen LogP contribution in [0.1, 0.15) is 132 Å². The number of nitrogens with zero attached hydrogens (tertiary/aromatic N) is 2. The maximum Gasteiger partial charge on any atom is 0.312 e. The molecule has 0 aromatic rings. The number of amides is 1. The number of halogens is 1. The number of carboxylic acids is 1. The van der Waals surface area contributed by atoms with Gasteiger partial charge in [-0.25, -0.2) is 12.8 Å². The molecule has 7 aliphatic rings. The maximum absolute atomic E-state index is 14.0. The number of aliphatic carboxylic acids is 1. The van der Waals surface area contributed by atoms with Gasteiger partial charge in [-0.1, -0.05) is 58.9 Å². The van der Waals surface area contributed by atoms with E-state index in [1.54, 1.807) is 6.92 Å². The van der Waals surface area contributed by atoms with Gasteiger partial charge in [0.25, 0.3) is 0 Å². The fraction of sp³-hybridized carbons (Fsp3) is 0.826. The molecule has 308 valence electrons. The SMILES string of the molecule is C=C(C)[C@@H]1CC[C@]2(N(CCCN3CCS(=O)(=O)CC3)C(C)=O)CC[C@]3(C)[C@H](CCC4[C@@]5(C)CC=C(C6=CC[C@@](CF)(C(=O)O)CC6)C(C)(C)C5CC[C@]43C)C12. The molecule has 1 amide bonds. The number of allylic oxidation sites excluding steroid dienone is 5. The molecule has 55 heavy (non-hydrogen) atoms. The Kier molecular flexibility index (Phi) is 10.5. The van der Waals surface area contributed by atoms with Crippen LogP contribution >= 0.6 is 0 Å². The minimum Gasteiger partial charge on any atom is -0.481 e. The summed E-state index contributed by atoms with van der Waals surface area (Å²) in [6, 6.07) is 0. The monoisotopic (exact) mass is 783 g/mol. The third-order valence-electron chi connectivity index (χ3n) is 18.5. The fourth-order valence-electron chi connectivity index (χ4n) is 15.4. The van der Waals surface area contributed by atoms with Crippen LogP contribution in [-0.2, 0) is 19.4 Å². The number of carbonyl (C=O) groups excluding carboxylic acids is 1. The van der Waals surface area contributed by atoms with E-state index in [0.29, 0.717) is 55.5 Å². The molecule has 0 aromatic heterocycles. The summed E-state index contributed by atoms with van der Waals surface area (Å²) in [6.45, 7) is 23.3. The molecule has 0 aromatic carbocycles. The first-order valence-electron chi connectivity index (χ1n) is 21.8. The average molecular weight is 783 g/mol. The van der Waals surface area contributed by atoms with Gasteiger partial charge in [-0.2, -0.15) is 0 Å². The van der Waals surface area contributed by atoms with E-state index in [9.17, 15) is 27.5 Å². The lowest BCUT2D eigenvalue weighted by atomic mass is 9.32. The van der Waals surface area contributed by atoms with E-state index in [4.69, 9.17) is 0 Å². The van der Waals surface area contributed by atoms with Crippen molar-refractivity contribution >= 4 is 21.7 Å². The summed E-state index contributed by atoms with van der Waals surface area (Å²) in [5.41, 5.74) is 2.85. The zero-order valence-corrected chi connectivity index (χ0v) is 36.0. The quantitative estimate of drug-likeness (QED) is 0.235. The highest BCUT2D eigenvalue weighted by Gasteiger charge is 2.71. The highest BCUT2D eigenvalue weighted by Crippen LogP contribution is 2.77. The molecule has 4 saturated carbocycles. The number of sulfone groups is 1. The van der Waals surface area contributed by atoms with Crippen molar-refractivity contribution in [3.05, 3.63) is 35.5 Å². The second-order valence-electron chi connectivity index (χ2n) is 21.0. The Hall–Kier alpha value is -2.00. The minimum absolute atomic E-state index is 0.0560. The zero-order chi connectivity index (χ0) is 40.0. The Morgan fingerprint density at radius 3 is 2.22 bits per heavy atom. The lowest BCUT2D eigenvalue weighted by Crippen LogP contribution is -2.68. The molecule has 0 radical (unpaired) electrons. The second-order valence-corrected chi connectivity index (χ2v) is 23.3. The minimum atomic E-state index is -2.92. The summed E-state index contributed by atoms with van der Waals surface area (Å²) in [5, 5.41) is 9.84. The van der Waals surface area contributed by atoms with Crippen LogP contribution in [-0.4, -0.2) is 85.1 Å². The van der Waals surface area contributed by atoms with Crippen LogP contribution in [0.3, 0.4) is 0 Å². The van der Waals surface area contributed by atoms with Crippen LogP contribution in [0, 0.1) is 56.7 Å². The Balaban J connectivity index is 1.15. The number of rotatable bonds is 9. The van der Waals surface area contributed by atoms with Gasteiger partial charge in [0, 0.05) is 32.1 Å². The maximum atomic E-state index is 14.0. The Morgan fingerprint density at radius 2 is 1.62 bits per heavy atom. The Labute approximate surface area is 331 Å². The van der Waals surface area contributed by atoms with E-state index >= 15 is 0 Å². The average Bonchev–Trinajstić information content (AvgIpc) is 3.51. The van der Waals surface area contributed by atoms with Crippen molar-refractivity contribution in [2.24, 2.45) is 56.7 Å². The van der Waals surface area contributed by atoms with Gasteiger partial charge >= 0.3 is 5.97 Å². The Morgan fingerprint density at radius 1 is 0.909 bits per heavy atom. The van der Waals surface area contributed by atoms with Crippen LogP contribution in [0.4, 0.5) is 4.39 Å². The lowest BCUT2D eigenvalue weighted by Gasteiger charge is -2.73. The van der Waals surface area contributed by atoms with Crippen LogP contribution < -0.4 is 0 Å². The molecule has 1 heterocycles. The molecule has 9 heteroatoms. The topological polar surface area (TPSA) is 95.0 Å². The smallest absolute Gasteiger partial charge is 0.312 e. The van der Waals surface area contributed by atoms with Crippen molar-refractivity contribution in [2.75, 3.05) is 44.4 Å². The molecule has 7 nitrogen and oxygen atoms in total. The van der Waals surface area contributed by atoms with E-state index < -0.39 is 27.9 Å². The third-order valence-corrected chi connectivity index (χ3v) is 20.1. The van der Waals surface area contributed by atoms with Gasteiger partial charge in [0.15, 0.2) is 9.84 Å². The number of hydrogen-bond acceptors (Lipinski definition) is 5. The standard InChI is InChI=1S/C46H71FN2O5S/c1-31(2)34-14-21-46(49(32(3)50)25-9-24-48-26-28-55(53,54)29-27-48)23-22-43(7)36(39(34)46)10-11-38-42(6)17-15-35(41(4,5)37(42)16-18-44(38,43)8)33-12-19-45(30-47,20-13-33)40(51)52/h12,15,34,36-39H,1,9-11,13-14,16-30H2,2-8H3,(H,51,52)/t34-,36+,37?,38?,39?,42-,43+,44+,45+,46-/m0/s1. The molecule has 0 spiro atoms. The summed E-state index contributed by atoms with van der Waals surface area (Å²) in [5.74, 6) is 2.05. The van der Waals surface area contributed by atoms with Crippen LogP contribution in [0.2, 0.25) is 0 Å². The van der Waals surface area contributed by atoms with Crippen LogP contribution in [0.25, 0.3) is 0 Å². The van der Waals surface area contributed by atoms with Gasteiger partial charge in [0.05, 0.1) is 16.9 Å². The van der Waals surface area contributed by atoms with E-state index in [2.05, 4.69) is 70.1 Å². The molecule has 6 aliphatic carbocycles. The van der Waals surface area contributed by atoms with E-state index in [0.717, 1.165) is 51.6 Å². The molecule has 1 N–H and O–H groups in total. The largest absolute Gasteiger partial charge is 0.481 e.